The van der Waals surface area contributed by atoms with Crippen molar-refractivity contribution >= 4 is 11.9 Å². The summed E-state index contributed by atoms with van der Waals surface area (Å²) in [5.41, 5.74) is 0.472. The minimum Gasteiger partial charge on any atom is -0.504 e. The number of hydrogen-bond donors (Lipinski definition) is 1. The molecule has 120 valence electrons. The van der Waals surface area contributed by atoms with Crippen molar-refractivity contribution in [2.45, 2.75) is 44.8 Å². The zero-order valence-corrected chi connectivity index (χ0v) is 12.8. The first-order valence-corrected chi connectivity index (χ1v) is 7.32. The molecule has 1 saturated heterocycles. The SMILES string of the molecule is CCCCCC1(c2ccc(O)c(OC)c2)OC(=O)CC(=O)O1. The highest BCUT2D eigenvalue weighted by Gasteiger charge is 2.45. The number of rotatable bonds is 6. The number of hydrogen-bond acceptors (Lipinski definition) is 6. The van der Waals surface area contributed by atoms with Crippen molar-refractivity contribution in [2.75, 3.05) is 7.11 Å². The number of benzene rings is 1. The summed E-state index contributed by atoms with van der Waals surface area (Å²) in [4.78, 5) is 23.4. The Morgan fingerprint density at radius 3 is 2.50 bits per heavy atom. The minimum absolute atomic E-state index is 0.0385. The molecule has 22 heavy (non-hydrogen) atoms. The lowest BCUT2D eigenvalue weighted by Gasteiger charge is -2.36. The predicted octanol–water partition coefficient (Wildman–Crippen LogP) is 2.62. The number of cyclic esters (lactones) is 2. The molecule has 0 radical (unpaired) electrons. The number of aromatic hydroxyl groups is 1. The Hall–Kier alpha value is -2.24. The number of unbranched alkanes of at least 4 members (excludes halogenated alkanes) is 2. The van der Waals surface area contributed by atoms with E-state index in [9.17, 15) is 14.7 Å². The minimum atomic E-state index is -1.44. The molecular weight excluding hydrogens is 288 g/mol. The summed E-state index contributed by atoms with van der Waals surface area (Å²) in [5.74, 6) is -2.48. The van der Waals surface area contributed by atoms with E-state index in [1.807, 2.05) is 0 Å². The van der Waals surface area contributed by atoms with Crippen molar-refractivity contribution < 1.29 is 28.9 Å². The van der Waals surface area contributed by atoms with Crippen molar-refractivity contribution in [1.82, 2.24) is 0 Å². The number of methoxy groups -OCH3 is 1. The molecule has 0 unspecified atom stereocenters. The van der Waals surface area contributed by atoms with Crippen LogP contribution in [-0.4, -0.2) is 24.2 Å². The van der Waals surface area contributed by atoms with E-state index < -0.39 is 17.7 Å². The van der Waals surface area contributed by atoms with Crippen LogP contribution < -0.4 is 4.74 Å². The van der Waals surface area contributed by atoms with Gasteiger partial charge in [-0.2, -0.15) is 0 Å². The van der Waals surface area contributed by atoms with Crippen LogP contribution >= 0.6 is 0 Å². The third-order valence-electron chi connectivity index (χ3n) is 3.58. The van der Waals surface area contributed by atoms with Gasteiger partial charge in [0.25, 0.3) is 5.79 Å². The lowest BCUT2D eigenvalue weighted by Crippen LogP contribution is -2.42. The van der Waals surface area contributed by atoms with Crippen LogP contribution in [0.2, 0.25) is 0 Å². The van der Waals surface area contributed by atoms with Crippen LogP contribution in [0.5, 0.6) is 11.5 Å². The summed E-state index contributed by atoms with van der Waals surface area (Å²) in [6, 6.07) is 4.51. The van der Waals surface area contributed by atoms with Gasteiger partial charge in [0.2, 0.25) is 0 Å². The highest BCUT2D eigenvalue weighted by atomic mass is 16.7. The van der Waals surface area contributed by atoms with Crippen LogP contribution in [0.4, 0.5) is 0 Å². The van der Waals surface area contributed by atoms with E-state index in [-0.39, 0.29) is 17.9 Å². The average molecular weight is 308 g/mol. The van der Waals surface area contributed by atoms with Gasteiger partial charge in [-0.25, -0.2) is 0 Å². The Labute approximate surface area is 129 Å². The lowest BCUT2D eigenvalue weighted by molar-refractivity contribution is -0.252. The monoisotopic (exact) mass is 308 g/mol. The van der Waals surface area contributed by atoms with E-state index in [2.05, 4.69) is 6.92 Å². The fourth-order valence-electron chi connectivity index (χ4n) is 2.47. The number of carbonyl (C=O) groups excluding carboxylic acids is 2. The molecule has 0 bridgehead atoms. The zero-order chi connectivity index (χ0) is 16.2. The lowest BCUT2D eigenvalue weighted by atomic mass is 9.97. The molecule has 0 aliphatic carbocycles. The zero-order valence-electron chi connectivity index (χ0n) is 12.8. The molecule has 1 aliphatic heterocycles. The third-order valence-corrected chi connectivity index (χ3v) is 3.58. The number of phenolic OH excluding ortho intramolecular Hbond substituents is 1. The first-order valence-electron chi connectivity index (χ1n) is 7.32. The van der Waals surface area contributed by atoms with Gasteiger partial charge in [-0.05, 0) is 24.6 Å². The van der Waals surface area contributed by atoms with E-state index in [1.54, 1.807) is 6.07 Å². The van der Waals surface area contributed by atoms with Gasteiger partial charge in [0.1, 0.15) is 6.42 Å². The predicted molar refractivity (Wildman–Crippen MR) is 77.3 cm³/mol. The summed E-state index contributed by atoms with van der Waals surface area (Å²) >= 11 is 0. The molecule has 0 amide bonds. The fraction of sp³-hybridized carbons (Fsp3) is 0.500. The Morgan fingerprint density at radius 1 is 1.23 bits per heavy atom. The molecule has 0 atom stereocenters. The molecule has 6 nitrogen and oxygen atoms in total. The summed E-state index contributed by atoms with van der Waals surface area (Å²) in [6.07, 6.45) is 2.63. The van der Waals surface area contributed by atoms with E-state index in [4.69, 9.17) is 14.2 Å². The highest BCUT2D eigenvalue weighted by molar-refractivity contribution is 5.93. The Balaban J connectivity index is 2.38. The first kappa shape index (κ1) is 16.1. The Morgan fingerprint density at radius 2 is 1.91 bits per heavy atom. The molecule has 1 fully saturated rings. The van der Waals surface area contributed by atoms with Gasteiger partial charge in [0, 0.05) is 12.0 Å². The second-order valence-corrected chi connectivity index (χ2v) is 5.22. The fourth-order valence-corrected chi connectivity index (χ4v) is 2.47. The summed E-state index contributed by atoms with van der Waals surface area (Å²) in [6.45, 7) is 2.05. The molecular formula is C16H20O6. The second-order valence-electron chi connectivity index (χ2n) is 5.22. The van der Waals surface area contributed by atoms with E-state index in [0.29, 0.717) is 12.0 Å². The Kier molecular flexibility index (Phi) is 4.90. The van der Waals surface area contributed by atoms with Gasteiger partial charge in [-0.3, -0.25) is 9.59 Å². The number of phenols is 1. The van der Waals surface area contributed by atoms with Crippen LogP contribution in [-0.2, 0) is 24.8 Å². The Bertz CT molecular complexity index is 550. The van der Waals surface area contributed by atoms with E-state index >= 15 is 0 Å². The molecule has 1 aromatic carbocycles. The average Bonchev–Trinajstić information content (AvgIpc) is 2.47. The topological polar surface area (TPSA) is 82.1 Å². The van der Waals surface area contributed by atoms with E-state index in [0.717, 1.165) is 19.3 Å². The summed E-state index contributed by atoms with van der Waals surface area (Å²) < 4.78 is 15.9. The highest BCUT2D eigenvalue weighted by Crippen LogP contribution is 2.40. The summed E-state index contributed by atoms with van der Waals surface area (Å²) in [5, 5.41) is 9.69. The van der Waals surface area contributed by atoms with Crippen molar-refractivity contribution in [3.8, 4) is 11.5 Å². The van der Waals surface area contributed by atoms with Crippen LogP contribution in [0.1, 0.15) is 44.6 Å². The third kappa shape index (κ3) is 3.32. The van der Waals surface area contributed by atoms with Crippen molar-refractivity contribution in [3.05, 3.63) is 23.8 Å². The molecule has 1 aliphatic rings. The smallest absolute Gasteiger partial charge is 0.320 e. The molecule has 6 heteroatoms. The van der Waals surface area contributed by atoms with Crippen LogP contribution in [0.3, 0.4) is 0 Å². The molecule has 1 N–H and O–H groups in total. The standard InChI is InChI=1S/C16H20O6/c1-3-4-5-8-16(21-14(18)10-15(19)22-16)11-6-7-12(17)13(9-11)20-2/h6-7,9,17H,3-5,8,10H2,1-2H3. The van der Waals surface area contributed by atoms with Crippen LogP contribution in [0.25, 0.3) is 0 Å². The van der Waals surface area contributed by atoms with Gasteiger partial charge in [0.15, 0.2) is 11.5 Å². The molecule has 0 aromatic heterocycles. The first-order chi connectivity index (χ1) is 10.5. The number of carbonyl (C=O) groups is 2. The largest absolute Gasteiger partial charge is 0.504 e. The maximum atomic E-state index is 11.7. The molecule has 1 aromatic rings. The number of esters is 2. The van der Waals surface area contributed by atoms with Crippen molar-refractivity contribution in [1.29, 1.82) is 0 Å². The van der Waals surface area contributed by atoms with Crippen molar-refractivity contribution in [3.63, 3.8) is 0 Å². The number of ether oxygens (including phenoxy) is 3. The van der Waals surface area contributed by atoms with Crippen LogP contribution in [0.15, 0.2) is 18.2 Å². The van der Waals surface area contributed by atoms with Crippen molar-refractivity contribution in [2.24, 2.45) is 0 Å². The van der Waals surface area contributed by atoms with Gasteiger partial charge in [-0.1, -0.05) is 19.8 Å². The van der Waals surface area contributed by atoms with Gasteiger partial charge in [-0.15, -0.1) is 0 Å². The quantitative estimate of drug-likeness (QED) is 0.494. The maximum Gasteiger partial charge on any atom is 0.320 e. The van der Waals surface area contributed by atoms with Gasteiger partial charge in [0.05, 0.1) is 7.11 Å². The molecule has 2 rings (SSSR count). The molecule has 1 heterocycles. The maximum absolute atomic E-state index is 11.7. The van der Waals surface area contributed by atoms with Gasteiger partial charge < -0.3 is 19.3 Å². The van der Waals surface area contributed by atoms with E-state index in [1.165, 1.54) is 19.2 Å². The molecule has 0 spiro atoms. The molecule has 0 saturated carbocycles. The second kappa shape index (κ2) is 6.68. The summed E-state index contributed by atoms with van der Waals surface area (Å²) in [7, 11) is 1.42. The normalized spacial score (nSPS) is 16.8. The van der Waals surface area contributed by atoms with Crippen LogP contribution in [0, 0.1) is 0 Å². The van der Waals surface area contributed by atoms with Gasteiger partial charge >= 0.3 is 11.9 Å².